The molecule has 2 aliphatic carbocycles. The predicted octanol–water partition coefficient (Wildman–Crippen LogP) is 4.62. The lowest BCUT2D eigenvalue weighted by Crippen LogP contribution is -2.45. The van der Waals surface area contributed by atoms with Gasteiger partial charge in [0.05, 0.1) is 13.0 Å². The Hall–Kier alpha value is -2.27. The second-order valence-corrected chi connectivity index (χ2v) is 10.1. The van der Waals surface area contributed by atoms with Crippen molar-refractivity contribution in [1.82, 2.24) is 10.3 Å². The van der Waals surface area contributed by atoms with Gasteiger partial charge in [0.1, 0.15) is 11.9 Å². The summed E-state index contributed by atoms with van der Waals surface area (Å²) in [7, 11) is 1.69. The number of H-pyrrole nitrogens is 1. The van der Waals surface area contributed by atoms with Crippen LogP contribution in [0.5, 0.6) is 5.75 Å². The van der Waals surface area contributed by atoms with Crippen LogP contribution >= 0.6 is 0 Å². The van der Waals surface area contributed by atoms with Gasteiger partial charge in [-0.1, -0.05) is 19.1 Å². The highest BCUT2D eigenvalue weighted by Gasteiger charge is 2.54. The van der Waals surface area contributed by atoms with Gasteiger partial charge in [0.25, 0.3) is 0 Å². The van der Waals surface area contributed by atoms with Gasteiger partial charge in [-0.15, -0.1) is 0 Å². The molecule has 0 bridgehead atoms. The number of nitrogens with one attached hydrogen (secondary N) is 2. The number of aromatic nitrogens is 1. The smallest absolute Gasteiger partial charge is 0.310 e. The Morgan fingerprint density at radius 2 is 2.26 bits per heavy atom. The highest BCUT2D eigenvalue weighted by atomic mass is 16.6. The maximum Gasteiger partial charge on any atom is 0.310 e. The van der Waals surface area contributed by atoms with Crippen molar-refractivity contribution in [1.29, 1.82) is 0 Å². The third-order valence-corrected chi connectivity index (χ3v) is 8.23. The van der Waals surface area contributed by atoms with Crippen LogP contribution in [0.15, 0.2) is 36.5 Å². The number of hydrogen-bond donors (Lipinski definition) is 2. The molecular formula is C26H34N2O3. The number of ether oxygens (including phenoxy) is 2. The monoisotopic (exact) mass is 422 g/mol. The molecule has 2 saturated carbocycles. The van der Waals surface area contributed by atoms with Crippen molar-refractivity contribution in [2.45, 2.75) is 51.6 Å². The van der Waals surface area contributed by atoms with Crippen molar-refractivity contribution in [3.63, 3.8) is 0 Å². The number of esters is 1. The molecule has 3 aliphatic rings. The van der Waals surface area contributed by atoms with Crippen LogP contribution in [0, 0.1) is 23.2 Å². The number of benzene rings is 1. The van der Waals surface area contributed by atoms with Crippen molar-refractivity contribution in [2.75, 3.05) is 20.2 Å². The van der Waals surface area contributed by atoms with Gasteiger partial charge in [-0.3, -0.25) is 4.79 Å². The maximum atomic E-state index is 12.7. The minimum atomic E-state index is -0.0349. The predicted molar refractivity (Wildman–Crippen MR) is 122 cm³/mol. The summed E-state index contributed by atoms with van der Waals surface area (Å²) in [5, 5.41) is 4.74. The number of aromatic amines is 1. The fourth-order valence-electron chi connectivity index (χ4n) is 6.46. The van der Waals surface area contributed by atoms with E-state index in [1.807, 2.05) is 6.07 Å². The molecule has 2 heterocycles. The van der Waals surface area contributed by atoms with Crippen molar-refractivity contribution in [2.24, 2.45) is 23.2 Å². The second kappa shape index (κ2) is 8.01. The van der Waals surface area contributed by atoms with E-state index >= 15 is 0 Å². The molecule has 0 spiro atoms. The van der Waals surface area contributed by atoms with Crippen LogP contribution in [0.25, 0.3) is 10.9 Å². The Morgan fingerprint density at radius 3 is 3.10 bits per heavy atom. The first-order valence-corrected chi connectivity index (χ1v) is 11.7. The largest absolute Gasteiger partial charge is 0.497 e. The third-order valence-electron chi connectivity index (χ3n) is 8.23. The van der Waals surface area contributed by atoms with E-state index in [4.69, 9.17) is 9.47 Å². The quantitative estimate of drug-likeness (QED) is 0.405. The minimum Gasteiger partial charge on any atom is -0.497 e. The van der Waals surface area contributed by atoms with E-state index in [9.17, 15) is 4.79 Å². The van der Waals surface area contributed by atoms with E-state index in [0.29, 0.717) is 18.4 Å². The first-order chi connectivity index (χ1) is 15.0. The van der Waals surface area contributed by atoms with Crippen molar-refractivity contribution < 1.29 is 14.3 Å². The lowest BCUT2D eigenvalue weighted by Gasteiger charge is -2.50. The molecule has 2 N–H and O–H groups in total. The van der Waals surface area contributed by atoms with Crippen LogP contribution in [0.3, 0.4) is 0 Å². The minimum absolute atomic E-state index is 0.00723. The number of carbonyl (C=O) groups excluding carboxylic acids is 1. The first-order valence-electron chi connectivity index (χ1n) is 11.7. The number of fused-ring (bicyclic) bond motifs is 3. The van der Waals surface area contributed by atoms with E-state index < -0.39 is 0 Å². The molecule has 1 aliphatic heterocycles. The lowest BCUT2D eigenvalue weighted by atomic mass is 9.55. The number of carbonyl (C=O) groups is 1. The highest BCUT2D eigenvalue weighted by Crippen LogP contribution is 2.56. The topological polar surface area (TPSA) is 63.3 Å². The summed E-state index contributed by atoms with van der Waals surface area (Å²) in [6.45, 7) is 8.30. The van der Waals surface area contributed by atoms with Gasteiger partial charge in [-0.2, -0.15) is 0 Å². The van der Waals surface area contributed by atoms with Crippen LogP contribution in [0.2, 0.25) is 0 Å². The molecule has 1 aromatic carbocycles. The average Bonchev–Trinajstić information content (AvgIpc) is 3.29. The van der Waals surface area contributed by atoms with E-state index in [-0.39, 0.29) is 23.4 Å². The summed E-state index contributed by atoms with van der Waals surface area (Å²) in [5.41, 5.74) is 4.04. The molecule has 0 amide bonds. The van der Waals surface area contributed by atoms with E-state index in [1.54, 1.807) is 7.11 Å². The fourth-order valence-corrected chi connectivity index (χ4v) is 6.46. The molecule has 1 saturated heterocycles. The maximum absolute atomic E-state index is 12.7. The van der Waals surface area contributed by atoms with Gasteiger partial charge >= 0.3 is 5.97 Å². The Bertz CT molecular complexity index is 996. The Labute approximate surface area is 184 Å². The van der Waals surface area contributed by atoms with Crippen molar-refractivity contribution in [3.05, 3.63) is 42.1 Å². The first kappa shape index (κ1) is 20.6. The average molecular weight is 423 g/mol. The Morgan fingerprint density at radius 1 is 1.39 bits per heavy atom. The van der Waals surface area contributed by atoms with Crippen LogP contribution < -0.4 is 10.1 Å². The van der Waals surface area contributed by atoms with Gasteiger partial charge in [-0.25, -0.2) is 0 Å². The van der Waals surface area contributed by atoms with E-state index in [2.05, 4.69) is 42.1 Å². The summed E-state index contributed by atoms with van der Waals surface area (Å²) in [6, 6.07) is 6.10. The zero-order valence-corrected chi connectivity index (χ0v) is 18.7. The van der Waals surface area contributed by atoms with Gasteiger partial charge in [0, 0.05) is 29.6 Å². The van der Waals surface area contributed by atoms with E-state index in [1.165, 1.54) is 29.4 Å². The molecule has 5 atom stereocenters. The second-order valence-electron chi connectivity index (χ2n) is 10.1. The van der Waals surface area contributed by atoms with Crippen LogP contribution in [-0.2, 0) is 16.0 Å². The third kappa shape index (κ3) is 3.67. The molecule has 3 fully saturated rings. The van der Waals surface area contributed by atoms with Crippen molar-refractivity contribution >= 4 is 16.9 Å². The molecule has 0 radical (unpaired) electrons. The molecule has 31 heavy (non-hydrogen) atoms. The SMILES string of the molecule is C=C1CCC[C@]2(C)C[C@H]3OC(=O)[C@H](CNCCc4c[nH]c5ccc(OC)cc45)[C@H]3C[C@H]12. The highest BCUT2D eigenvalue weighted by molar-refractivity contribution is 5.84. The zero-order valence-electron chi connectivity index (χ0n) is 18.7. The number of allylic oxidation sites excluding steroid dienone is 1. The molecule has 1 aromatic heterocycles. The molecule has 166 valence electrons. The fraction of sp³-hybridized carbons (Fsp3) is 0.577. The lowest BCUT2D eigenvalue weighted by molar-refractivity contribution is -0.146. The van der Waals surface area contributed by atoms with E-state index in [0.717, 1.165) is 43.5 Å². The van der Waals surface area contributed by atoms with Gasteiger partial charge in [0.15, 0.2) is 0 Å². The molecule has 5 rings (SSSR count). The molecule has 5 heteroatoms. The molecule has 0 unspecified atom stereocenters. The summed E-state index contributed by atoms with van der Waals surface area (Å²) < 4.78 is 11.3. The van der Waals surface area contributed by atoms with Crippen LogP contribution in [0.4, 0.5) is 0 Å². The van der Waals surface area contributed by atoms with Gasteiger partial charge in [-0.05, 0) is 80.2 Å². The molecule has 5 nitrogen and oxygen atoms in total. The van der Waals surface area contributed by atoms with Gasteiger partial charge in [0.2, 0.25) is 0 Å². The molecule has 2 aromatic rings. The molecular weight excluding hydrogens is 388 g/mol. The summed E-state index contributed by atoms with van der Waals surface area (Å²) in [4.78, 5) is 16.0. The number of methoxy groups -OCH3 is 1. The van der Waals surface area contributed by atoms with Gasteiger partial charge < -0.3 is 19.8 Å². The Balaban J connectivity index is 1.20. The standard InChI is InChI=1S/C26H34N2O3/c1-16-5-4-9-26(2)13-24-20(12-22(16)26)21(25(29)31-24)15-27-10-8-17-14-28-23-7-6-18(30-3)11-19(17)23/h6-7,11,14,20-22,24,27-28H,1,4-5,8-10,12-13,15H2,2-3H3/t20-,21-,22-,24-,26-/m1/s1. The summed E-state index contributed by atoms with van der Waals surface area (Å²) in [6.07, 6.45) is 8.72. The Kier molecular flexibility index (Phi) is 5.33. The number of hydrogen-bond acceptors (Lipinski definition) is 4. The zero-order chi connectivity index (χ0) is 21.6. The van der Waals surface area contributed by atoms with Crippen molar-refractivity contribution in [3.8, 4) is 5.75 Å². The summed E-state index contributed by atoms with van der Waals surface area (Å²) >= 11 is 0. The summed E-state index contributed by atoms with van der Waals surface area (Å²) in [5.74, 6) is 1.69. The number of rotatable bonds is 6. The van der Waals surface area contributed by atoms with Crippen LogP contribution in [-0.4, -0.2) is 37.3 Å². The van der Waals surface area contributed by atoms with Crippen LogP contribution in [0.1, 0.15) is 44.6 Å². The normalized spacial score (nSPS) is 32.6.